The van der Waals surface area contributed by atoms with Gasteiger partial charge in [0.05, 0.1) is 22.1 Å². The largest absolute Gasteiger partial charge is 0.456 e. The van der Waals surface area contributed by atoms with Gasteiger partial charge in [-0.1, -0.05) is 180 Å². The quantitative estimate of drug-likeness (QED) is 0.151. The minimum Gasteiger partial charge on any atom is -0.456 e. The van der Waals surface area contributed by atoms with Gasteiger partial charge >= 0.3 is 0 Å². The molecule has 5 heterocycles. The third-order valence-electron chi connectivity index (χ3n) is 16.4. The lowest BCUT2D eigenvalue weighted by molar-refractivity contribution is 0.572. The van der Waals surface area contributed by atoms with E-state index in [2.05, 4.69) is 232 Å². The molecular formula is C66H59BN2O. The van der Waals surface area contributed by atoms with Crippen LogP contribution < -0.4 is 16.4 Å². The van der Waals surface area contributed by atoms with Crippen LogP contribution in [-0.4, -0.2) is 15.8 Å². The summed E-state index contributed by atoms with van der Waals surface area (Å²) >= 11 is 0. The Labute approximate surface area is 410 Å². The van der Waals surface area contributed by atoms with E-state index < -0.39 is 0 Å². The summed E-state index contributed by atoms with van der Waals surface area (Å²) in [6.07, 6.45) is 0. The van der Waals surface area contributed by atoms with E-state index in [4.69, 9.17) is 4.42 Å². The van der Waals surface area contributed by atoms with Crippen molar-refractivity contribution < 1.29 is 4.42 Å². The highest BCUT2D eigenvalue weighted by atomic mass is 16.3. The number of furan rings is 1. The van der Waals surface area contributed by atoms with Crippen LogP contribution in [0.5, 0.6) is 0 Å². The molecule has 0 spiro atoms. The van der Waals surface area contributed by atoms with E-state index in [0.29, 0.717) is 0 Å². The van der Waals surface area contributed by atoms with E-state index in [9.17, 15) is 0 Å². The third-order valence-corrected chi connectivity index (χ3v) is 16.4. The average molecular weight is 907 g/mol. The average Bonchev–Trinajstić information content (AvgIpc) is 3.98. The first-order valence-corrected chi connectivity index (χ1v) is 25.5. The summed E-state index contributed by atoms with van der Waals surface area (Å²) in [5.41, 5.74) is 21.3. The Bertz CT molecular complexity index is 4110. The number of fused-ring (bicyclic) bond motifs is 17. The standard InChI is InChI=1S/C66H59BN2O/c1-63(2,3)40-32-46(65(7,8)9)58-50(34-40)68-52-30-39(36-25-26-55-45(27-36)44-23-17-18-24-54(44)70-55)31-53-60(52)67(48-28-37-19-13-15-21-42(37)56(58)61(48)68)49-29-38-20-14-16-22-43(38)57-59-47(66(10,11)12)33-41(64(4,5)6)35-51(59)69(53)62(49)57/h13-35H,1-12H3. The summed E-state index contributed by atoms with van der Waals surface area (Å²) in [4.78, 5) is 0. The van der Waals surface area contributed by atoms with Crippen molar-refractivity contribution in [3.05, 3.63) is 162 Å². The number of nitrogens with zero attached hydrogens (tertiary/aromatic N) is 2. The molecule has 342 valence electrons. The van der Waals surface area contributed by atoms with Gasteiger partial charge in [-0.3, -0.25) is 0 Å². The highest BCUT2D eigenvalue weighted by molar-refractivity contribution is 7.00. The van der Waals surface area contributed by atoms with Gasteiger partial charge in [-0.05, 0) is 135 Å². The normalized spacial score (nSPS) is 14.0. The SMILES string of the molecule is CC(C)(C)c1cc(C(C)(C)C)c2c3c4ccccc4cc4c3n(c2c1)-c1cc(-c2ccc3oc5ccccc5c3c2)cc2c1B4c1cc3ccccc3c3c4c(C(C)(C)C)cc(C(C)(C)C)cc4n-2c13. The summed E-state index contributed by atoms with van der Waals surface area (Å²) in [5, 5.41) is 13.0. The Hall–Kier alpha value is -7.04. The van der Waals surface area contributed by atoms with Crippen molar-refractivity contribution >= 4 is 110 Å². The number of para-hydroxylation sites is 1. The van der Waals surface area contributed by atoms with E-state index in [-0.39, 0.29) is 28.4 Å². The molecule has 12 aromatic rings. The number of rotatable bonds is 1. The molecule has 0 aliphatic carbocycles. The molecule has 3 aromatic heterocycles. The number of aromatic nitrogens is 2. The molecular weight excluding hydrogens is 848 g/mol. The zero-order valence-corrected chi connectivity index (χ0v) is 42.7. The van der Waals surface area contributed by atoms with Crippen LogP contribution in [-0.2, 0) is 21.7 Å². The minimum absolute atomic E-state index is 0.0208. The zero-order valence-electron chi connectivity index (χ0n) is 42.7. The fourth-order valence-corrected chi connectivity index (χ4v) is 12.9. The molecule has 2 aliphatic heterocycles. The van der Waals surface area contributed by atoms with E-state index in [0.717, 1.165) is 21.9 Å². The number of hydrogen-bond acceptors (Lipinski definition) is 1. The van der Waals surface area contributed by atoms with Gasteiger partial charge < -0.3 is 13.6 Å². The van der Waals surface area contributed by atoms with Crippen LogP contribution in [0.1, 0.15) is 105 Å². The van der Waals surface area contributed by atoms with Gasteiger partial charge in [-0.25, -0.2) is 0 Å². The number of hydrogen-bond donors (Lipinski definition) is 0. The maximum atomic E-state index is 6.45. The smallest absolute Gasteiger partial charge is 0.252 e. The van der Waals surface area contributed by atoms with Crippen molar-refractivity contribution in [3.63, 3.8) is 0 Å². The van der Waals surface area contributed by atoms with Crippen molar-refractivity contribution in [2.75, 3.05) is 0 Å². The van der Waals surface area contributed by atoms with Gasteiger partial charge in [0.25, 0.3) is 6.71 Å². The summed E-state index contributed by atoms with van der Waals surface area (Å²) < 4.78 is 11.9. The van der Waals surface area contributed by atoms with E-state index in [1.807, 2.05) is 0 Å². The van der Waals surface area contributed by atoms with E-state index in [1.54, 1.807) is 0 Å². The molecule has 3 nitrogen and oxygen atoms in total. The Kier molecular flexibility index (Phi) is 8.04. The third kappa shape index (κ3) is 5.54. The molecule has 4 heteroatoms. The number of benzene rings is 9. The molecule has 70 heavy (non-hydrogen) atoms. The molecule has 0 saturated heterocycles. The predicted molar refractivity (Wildman–Crippen MR) is 302 cm³/mol. The van der Waals surface area contributed by atoms with Gasteiger partial charge in [0.15, 0.2) is 0 Å². The first-order chi connectivity index (χ1) is 33.3. The van der Waals surface area contributed by atoms with Crippen molar-refractivity contribution in [2.24, 2.45) is 0 Å². The van der Waals surface area contributed by atoms with Crippen LogP contribution in [0.25, 0.3) is 110 Å². The summed E-state index contributed by atoms with van der Waals surface area (Å²) in [7, 11) is 0. The first kappa shape index (κ1) is 41.9. The maximum Gasteiger partial charge on any atom is 0.252 e. The van der Waals surface area contributed by atoms with E-state index >= 15 is 0 Å². The molecule has 2 aliphatic rings. The van der Waals surface area contributed by atoms with Gasteiger partial charge in [0.2, 0.25) is 0 Å². The molecule has 0 amide bonds. The van der Waals surface area contributed by atoms with Crippen molar-refractivity contribution in [2.45, 2.75) is 105 Å². The van der Waals surface area contributed by atoms with Crippen LogP contribution in [0, 0.1) is 0 Å². The fraction of sp³-hybridized carbons (Fsp3) is 0.242. The van der Waals surface area contributed by atoms with Gasteiger partial charge in [-0.2, -0.15) is 0 Å². The Morgan fingerprint density at radius 2 is 0.843 bits per heavy atom. The Morgan fingerprint density at radius 3 is 1.33 bits per heavy atom. The second-order valence-corrected chi connectivity index (χ2v) is 25.0. The summed E-state index contributed by atoms with van der Waals surface area (Å²) in [6, 6.07) is 54.1. The van der Waals surface area contributed by atoms with Crippen LogP contribution >= 0.6 is 0 Å². The minimum atomic E-state index is -0.118. The molecule has 0 radical (unpaired) electrons. The van der Waals surface area contributed by atoms with Crippen molar-refractivity contribution in [3.8, 4) is 22.5 Å². The lowest BCUT2D eigenvalue weighted by Crippen LogP contribution is -2.59. The predicted octanol–water partition coefficient (Wildman–Crippen LogP) is 16.1. The maximum absolute atomic E-state index is 6.45. The summed E-state index contributed by atoms with van der Waals surface area (Å²) in [6.45, 7) is 28.6. The monoisotopic (exact) mass is 906 g/mol. The molecule has 0 unspecified atom stereocenters. The zero-order chi connectivity index (χ0) is 48.3. The fourth-order valence-electron chi connectivity index (χ4n) is 12.9. The molecule has 0 fully saturated rings. The molecule has 0 saturated carbocycles. The lowest BCUT2D eigenvalue weighted by atomic mass is 9.34. The van der Waals surface area contributed by atoms with Gasteiger partial charge in [0.1, 0.15) is 11.2 Å². The topological polar surface area (TPSA) is 23.0 Å². The van der Waals surface area contributed by atoms with Crippen LogP contribution in [0.2, 0.25) is 0 Å². The van der Waals surface area contributed by atoms with Crippen molar-refractivity contribution in [1.82, 2.24) is 9.13 Å². The molecule has 9 aromatic carbocycles. The second kappa shape index (κ2) is 13.4. The highest BCUT2D eigenvalue weighted by Gasteiger charge is 2.43. The molecule has 0 bridgehead atoms. The Balaban J connectivity index is 1.26. The highest BCUT2D eigenvalue weighted by Crippen LogP contribution is 2.49. The van der Waals surface area contributed by atoms with Crippen LogP contribution in [0.3, 0.4) is 0 Å². The van der Waals surface area contributed by atoms with Crippen molar-refractivity contribution in [1.29, 1.82) is 0 Å². The molecule has 0 N–H and O–H groups in total. The van der Waals surface area contributed by atoms with Crippen LogP contribution in [0.4, 0.5) is 0 Å². The summed E-state index contributed by atoms with van der Waals surface area (Å²) in [5.74, 6) is 0. The van der Waals surface area contributed by atoms with Crippen LogP contribution in [0.15, 0.2) is 144 Å². The van der Waals surface area contributed by atoms with E-state index in [1.165, 1.54) is 126 Å². The van der Waals surface area contributed by atoms with Gasteiger partial charge in [0, 0.05) is 43.7 Å². The molecule has 0 atom stereocenters. The Morgan fingerprint density at radius 1 is 0.386 bits per heavy atom. The second-order valence-electron chi connectivity index (χ2n) is 25.0. The molecule has 14 rings (SSSR count). The van der Waals surface area contributed by atoms with Gasteiger partial charge in [-0.15, -0.1) is 0 Å². The first-order valence-electron chi connectivity index (χ1n) is 25.5. The lowest BCUT2D eigenvalue weighted by Gasteiger charge is -2.35.